The third-order valence-electron chi connectivity index (χ3n) is 2.75. The number of hydrogen-bond donors (Lipinski definition) is 1. The normalized spacial score (nSPS) is 16.5. The fourth-order valence-electron chi connectivity index (χ4n) is 1.51. The minimum Gasteiger partial charge on any atom is -0.454 e. The van der Waals surface area contributed by atoms with Crippen LogP contribution in [0.15, 0.2) is 24.3 Å². The van der Waals surface area contributed by atoms with Crippen LogP contribution in [0.3, 0.4) is 0 Å². The molecule has 1 heterocycles. The second kappa shape index (κ2) is 4.41. The molecule has 0 fully saturated rings. The van der Waals surface area contributed by atoms with Crippen molar-refractivity contribution in [3.05, 3.63) is 29.8 Å². The van der Waals surface area contributed by atoms with Gasteiger partial charge in [-0.3, -0.25) is 0 Å². The van der Waals surface area contributed by atoms with E-state index in [4.69, 9.17) is 9.47 Å². The molecular formula is C14H18O3. The number of ether oxygens (including phenoxy) is 2. The van der Waals surface area contributed by atoms with E-state index in [1.165, 1.54) is 0 Å². The predicted molar refractivity (Wildman–Crippen MR) is 67.1 cm³/mol. The Morgan fingerprint density at radius 1 is 1.24 bits per heavy atom. The first-order chi connectivity index (χ1) is 7.97. The summed E-state index contributed by atoms with van der Waals surface area (Å²) in [5, 5.41) is 9.90. The molecule has 0 aromatic heterocycles. The van der Waals surface area contributed by atoms with Crippen LogP contribution >= 0.6 is 0 Å². The van der Waals surface area contributed by atoms with E-state index in [2.05, 4.69) is 0 Å². The van der Waals surface area contributed by atoms with E-state index in [1.807, 2.05) is 45.0 Å². The highest BCUT2D eigenvalue weighted by molar-refractivity contribution is 5.56. The van der Waals surface area contributed by atoms with Crippen LogP contribution in [0.2, 0.25) is 0 Å². The summed E-state index contributed by atoms with van der Waals surface area (Å²) in [4.78, 5) is 0. The molecule has 1 N–H and O–H groups in total. The van der Waals surface area contributed by atoms with Gasteiger partial charge >= 0.3 is 0 Å². The largest absolute Gasteiger partial charge is 0.454 e. The molecule has 1 aliphatic rings. The van der Waals surface area contributed by atoms with Crippen molar-refractivity contribution in [2.24, 2.45) is 5.41 Å². The first kappa shape index (κ1) is 12.0. The summed E-state index contributed by atoms with van der Waals surface area (Å²) in [5.41, 5.74) is 0.852. The highest BCUT2D eigenvalue weighted by Gasteiger charge is 2.19. The maximum Gasteiger partial charge on any atom is 0.231 e. The van der Waals surface area contributed by atoms with Gasteiger partial charge in [0.15, 0.2) is 11.5 Å². The van der Waals surface area contributed by atoms with Crippen molar-refractivity contribution in [3.63, 3.8) is 0 Å². The molecule has 0 saturated carbocycles. The van der Waals surface area contributed by atoms with E-state index in [0.29, 0.717) is 0 Å². The molecule has 1 aromatic carbocycles. The lowest BCUT2D eigenvalue weighted by Crippen LogP contribution is -2.23. The van der Waals surface area contributed by atoms with Crippen molar-refractivity contribution >= 4 is 6.08 Å². The average Bonchev–Trinajstić information content (AvgIpc) is 2.71. The summed E-state index contributed by atoms with van der Waals surface area (Å²) in [6, 6.07) is 5.74. The van der Waals surface area contributed by atoms with Crippen LogP contribution in [0.5, 0.6) is 11.5 Å². The Hall–Kier alpha value is -1.48. The quantitative estimate of drug-likeness (QED) is 0.855. The van der Waals surface area contributed by atoms with Gasteiger partial charge in [0.05, 0.1) is 6.10 Å². The maximum atomic E-state index is 9.90. The Bertz CT molecular complexity index is 430. The Labute approximate surface area is 102 Å². The first-order valence-corrected chi connectivity index (χ1v) is 5.73. The average molecular weight is 234 g/mol. The van der Waals surface area contributed by atoms with E-state index in [0.717, 1.165) is 17.1 Å². The molecule has 0 amide bonds. The maximum absolute atomic E-state index is 9.90. The standard InChI is InChI=1S/C14H18O3/c1-14(2,3)13(15)7-5-10-4-6-11-12(8-10)17-9-16-11/h4-8,13,15H,9H2,1-3H3/t13-/m1/s1. The lowest BCUT2D eigenvalue weighted by Gasteiger charge is -2.22. The van der Waals surface area contributed by atoms with E-state index < -0.39 is 6.10 Å². The van der Waals surface area contributed by atoms with Crippen LogP contribution in [0.25, 0.3) is 6.08 Å². The van der Waals surface area contributed by atoms with Crippen molar-refractivity contribution in [1.82, 2.24) is 0 Å². The molecule has 0 aliphatic carbocycles. The molecule has 3 heteroatoms. The van der Waals surface area contributed by atoms with E-state index in [1.54, 1.807) is 6.08 Å². The zero-order valence-corrected chi connectivity index (χ0v) is 10.4. The molecule has 0 bridgehead atoms. The Kier molecular flexibility index (Phi) is 3.11. The molecular weight excluding hydrogens is 216 g/mol. The van der Waals surface area contributed by atoms with Crippen molar-refractivity contribution in [3.8, 4) is 11.5 Å². The number of rotatable bonds is 2. The fourth-order valence-corrected chi connectivity index (χ4v) is 1.51. The second-order valence-electron chi connectivity index (χ2n) is 5.28. The molecule has 0 unspecified atom stereocenters. The van der Waals surface area contributed by atoms with Gasteiger partial charge < -0.3 is 14.6 Å². The Morgan fingerprint density at radius 3 is 2.65 bits per heavy atom. The van der Waals surface area contributed by atoms with Crippen LogP contribution in [0.4, 0.5) is 0 Å². The molecule has 0 spiro atoms. The smallest absolute Gasteiger partial charge is 0.231 e. The molecule has 92 valence electrons. The van der Waals surface area contributed by atoms with Gasteiger partial charge in [-0.15, -0.1) is 0 Å². The minimum atomic E-state index is -0.465. The van der Waals surface area contributed by atoms with Gasteiger partial charge in [-0.2, -0.15) is 0 Å². The third-order valence-corrected chi connectivity index (χ3v) is 2.75. The van der Waals surface area contributed by atoms with Crippen molar-refractivity contribution in [1.29, 1.82) is 0 Å². The van der Waals surface area contributed by atoms with E-state index in [-0.39, 0.29) is 12.2 Å². The summed E-state index contributed by atoms with van der Waals surface area (Å²) in [6.45, 7) is 6.29. The zero-order valence-electron chi connectivity index (χ0n) is 10.4. The summed E-state index contributed by atoms with van der Waals surface area (Å²) in [5.74, 6) is 1.54. The SMILES string of the molecule is CC(C)(C)[C@H](O)C=Cc1ccc2c(c1)OCO2. The van der Waals surface area contributed by atoms with Gasteiger partial charge in [0.25, 0.3) is 0 Å². The van der Waals surface area contributed by atoms with Crippen LogP contribution in [-0.4, -0.2) is 18.0 Å². The lowest BCUT2D eigenvalue weighted by molar-refractivity contribution is 0.106. The van der Waals surface area contributed by atoms with Gasteiger partial charge in [0.1, 0.15) is 0 Å². The molecule has 1 aliphatic heterocycles. The molecule has 2 rings (SSSR count). The van der Waals surface area contributed by atoms with Crippen LogP contribution < -0.4 is 9.47 Å². The topological polar surface area (TPSA) is 38.7 Å². The van der Waals surface area contributed by atoms with Crippen molar-refractivity contribution in [2.75, 3.05) is 6.79 Å². The van der Waals surface area contributed by atoms with Crippen molar-refractivity contribution in [2.45, 2.75) is 26.9 Å². The lowest BCUT2D eigenvalue weighted by atomic mass is 9.89. The summed E-state index contributed by atoms with van der Waals surface area (Å²) < 4.78 is 10.5. The van der Waals surface area contributed by atoms with Gasteiger partial charge in [-0.1, -0.05) is 39.0 Å². The monoisotopic (exact) mass is 234 g/mol. The van der Waals surface area contributed by atoms with Gasteiger partial charge in [0.2, 0.25) is 6.79 Å². The van der Waals surface area contributed by atoms with Gasteiger partial charge in [0, 0.05) is 0 Å². The molecule has 0 saturated heterocycles. The minimum absolute atomic E-state index is 0.146. The molecule has 1 aromatic rings. The Morgan fingerprint density at radius 2 is 1.94 bits per heavy atom. The Balaban J connectivity index is 2.12. The second-order valence-corrected chi connectivity index (χ2v) is 5.28. The number of aliphatic hydroxyl groups excluding tert-OH is 1. The summed E-state index contributed by atoms with van der Waals surface area (Å²) in [6.07, 6.45) is 3.24. The highest BCUT2D eigenvalue weighted by atomic mass is 16.7. The molecule has 1 atom stereocenters. The van der Waals surface area contributed by atoms with E-state index >= 15 is 0 Å². The van der Waals surface area contributed by atoms with Gasteiger partial charge in [-0.25, -0.2) is 0 Å². The zero-order chi connectivity index (χ0) is 12.5. The first-order valence-electron chi connectivity index (χ1n) is 5.73. The third kappa shape index (κ3) is 2.80. The van der Waals surface area contributed by atoms with Crippen LogP contribution in [-0.2, 0) is 0 Å². The molecule has 3 nitrogen and oxygen atoms in total. The fraction of sp³-hybridized carbons (Fsp3) is 0.429. The highest BCUT2D eigenvalue weighted by Crippen LogP contribution is 2.33. The number of fused-ring (bicyclic) bond motifs is 1. The number of aliphatic hydroxyl groups is 1. The molecule has 0 radical (unpaired) electrons. The summed E-state index contributed by atoms with van der Waals surface area (Å²) >= 11 is 0. The predicted octanol–water partition coefficient (Wildman–Crippen LogP) is 2.84. The van der Waals surface area contributed by atoms with Crippen LogP contribution in [0, 0.1) is 5.41 Å². The van der Waals surface area contributed by atoms with Crippen molar-refractivity contribution < 1.29 is 14.6 Å². The molecule has 17 heavy (non-hydrogen) atoms. The number of benzene rings is 1. The van der Waals surface area contributed by atoms with Crippen LogP contribution in [0.1, 0.15) is 26.3 Å². The van der Waals surface area contributed by atoms with E-state index in [9.17, 15) is 5.11 Å². The van der Waals surface area contributed by atoms with Gasteiger partial charge in [-0.05, 0) is 23.1 Å². The number of hydrogen-bond acceptors (Lipinski definition) is 3. The summed E-state index contributed by atoms with van der Waals surface area (Å²) in [7, 11) is 0.